The van der Waals surface area contributed by atoms with E-state index in [1.165, 1.54) is 4.68 Å². The second-order valence-corrected chi connectivity index (χ2v) is 8.68. The van der Waals surface area contributed by atoms with Crippen molar-refractivity contribution in [3.8, 4) is 11.6 Å². The first-order valence-corrected chi connectivity index (χ1v) is 11.9. The number of nitrogens with zero attached hydrogens (tertiary/aromatic N) is 3. The highest BCUT2D eigenvalue weighted by Gasteiger charge is 2.32. The zero-order valence-electron chi connectivity index (χ0n) is 20.1. The van der Waals surface area contributed by atoms with E-state index in [1.54, 1.807) is 26.2 Å². The molecule has 0 amide bonds. The molecule has 7 nitrogen and oxygen atoms in total. The molecule has 0 saturated heterocycles. The van der Waals surface area contributed by atoms with Crippen LogP contribution < -0.4 is 9.47 Å². The maximum absolute atomic E-state index is 12.9. The number of ether oxygens (including phenoxy) is 3. The third-order valence-corrected chi connectivity index (χ3v) is 6.31. The van der Waals surface area contributed by atoms with Crippen LogP contribution in [-0.2, 0) is 17.5 Å². The van der Waals surface area contributed by atoms with Crippen LogP contribution in [0.5, 0.6) is 11.6 Å². The molecular formula is C26H28F3N3O4. The third-order valence-electron chi connectivity index (χ3n) is 6.31. The van der Waals surface area contributed by atoms with Crippen molar-refractivity contribution in [3.63, 3.8) is 0 Å². The van der Waals surface area contributed by atoms with Gasteiger partial charge in [0.1, 0.15) is 11.9 Å². The average Bonchev–Trinajstić information content (AvgIpc) is 3.26. The Morgan fingerprint density at radius 3 is 2.28 bits per heavy atom. The summed E-state index contributed by atoms with van der Waals surface area (Å²) < 4.78 is 56.7. The molecule has 0 spiro atoms. The Labute approximate surface area is 207 Å². The topological polar surface area (TPSA) is 75.5 Å². The van der Waals surface area contributed by atoms with E-state index in [0.29, 0.717) is 19.4 Å². The van der Waals surface area contributed by atoms with E-state index >= 15 is 0 Å². The smallest absolute Gasteiger partial charge is 0.416 e. The van der Waals surface area contributed by atoms with Crippen LogP contribution in [0, 0.1) is 0 Å². The largest absolute Gasteiger partial charge is 0.497 e. The molecule has 1 aliphatic rings. The van der Waals surface area contributed by atoms with Crippen LogP contribution in [-0.4, -0.2) is 40.8 Å². The fourth-order valence-electron chi connectivity index (χ4n) is 4.37. The summed E-state index contributed by atoms with van der Waals surface area (Å²) in [6, 6.07) is 12.8. The van der Waals surface area contributed by atoms with Gasteiger partial charge in [-0.25, -0.2) is 9.48 Å². The fourth-order valence-corrected chi connectivity index (χ4v) is 4.37. The van der Waals surface area contributed by atoms with Crippen molar-refractivity contribution in [2.75, 3.05) is 13.7 Å². The lowest BCUT2D eigenvalue weighted by Crippen LogP contribution is -2.25. The van der Waals surface area contributed by atoms with Gasteiger partial charge in [0, 0.05) is 0 Å². The van der Waals surface area contributed by atoms with Gasteiger partial charge < -0.3 is 14.2 Å². The van der Waals surface area contributed by atoms with E-state index in [-0.39, 0.29) is 30.2 Å². The van der Waals surface area contributed by atoms with Gasteiger partial charge in [-0.05, 0) is 73.9 Å². The number of halogens is 3. The summed E-state index contributed by atoms with van der Waals surface area (Å²) in [5.74, 6) is 0.527. The van der Waals surface area contributed by atoms with Gasteiger partial charge in [-0.2, -0.15) is 13.2 Å². The summed E-state index contributed by atoms with van der Waals surface area (Å²) in [5.41, 5.74) is 1.19. The van der Waals surface area contributed by atoms with Crippen LogP contribution in [0.4, 0.5) is 13.2 Å². The molecule has 0 radical (unpaired) electrons. The summed E-state index contributed by atoms with van der Waals surface area (Å²) in [6.07, 6.45) is -1.65. The number of hydrogen-bond acceptors (Lipinski definition) is 6. The van der Waals surface area contributed by atoms with Crippen LogP contribution in [0.25, 0.3) is 0 Å². The van der Waals surface area contributed by atoms with Crippen molar-refractivity contribution in [2.45, 2.75) is 57.3 Å². The Morgan fingerprint density at radius 1 is 1.03 bits per heavy atom. The molecule has 0 atom stereocenters. The number of methoxy groups -OCH3 is 1. The number of carbonyl (C=O) groups excluding carboxylic acids is 1. The van der Waals surface area contributed by atoms with E-state index in [2.05, 4.69) is 10.3 Å². The lowest BCUT2D eigenvalue weighted by Gasteiger charge is -2.29. The van der Waals surface area contributed by atoms with Gasteiger partial charge in [0.2, 0.25) is 11.6 Å². The molecule has 10 heteroatoms. The molecule has 2 aromatic carbocycles. The van der Waals surface area contributed by atoms with Crippen molar-refractivity contribution in [1.29, 1.82) is 0 Å². The molecule has 192 valence electrons. The summed E-state index contributed by atoms with van der Waals surface area (Å²) in [5, 5.41) is 8.15. The lowest BCUT2D eigenvalue weighted by atomic mass is 9.82. The SMILES string of the molecule is CCOC(=O)c1nnn(Cc2ccc(OC)cc2)c1O[C@H]1CC[C@@H](c2ccc(C(F)(F)F)cc2)CC1. The first kappa shape index (κ1) is 25.5. The molecule has 1 saturated carbocycles. The van der Waals surface area contributed by atoms with Gasteiger partial charge in [0.05, 0.1) is 25.8 Å². The van der Waals surface area contributed by atoms with Gasteiger partial charge in [0.15, 0.2) is 0 Å². The first-order valence-electron chi connectivity index (χ1n) is 11.9. The van der Waals surface area contributed by atoms with Crippen LogP contribution in [0.1, 0.15) is 65.7 Å². The maximum Gasteiger partial charge on any atom is 0.416 e. The van der Waals surface area contributed by atoms with Gasteiger partial charge in [-0.1, -0.05) is 29.5 Å². The quantitative estimate of drug-likeness (QED) is 0.371. The molecule has 1 aromatic heterocycles. The number of aromatic nitrogens is 3. The van der Waals surface area contributed by atoms with Crippen molar-refractivity contribution in [1.82, 2.24) is 15.0 Å². The highest BCUT2D eigenvalue weighted by atomic mass is 19.4. The van der Waals surface area contributed by atoms with Gasteiger partial charge >= 0.3 is 12.1 Å². The highest BCUT2D eigenvalue weighted by molar-refractivity contribution is 5.89. The average molecular weight is 504 g/mol. The monoisotopic (exact) mass is 503 g/mol. The minimum atomic E-state index is -4.34. The van der Waals surface area contributed by atoms with E-state index < -0.39 is 17.7 Å². The molecule has 0 unspecified atom stereocenters. The van der Waals surface area contributed by atoms with E-state index in [4.69, 9.17) is 14.2 Å². The van der Waals surface area contributed by atoms with Crippen molar-refractivity contribution in [2.24, 2.45) is 0 Å². The van der Waals surface area contributed by atoms with E-state index in [9.17, 15) is 18.0 Å². The molecule has 4 rings (SSSR count). The van der Waals surface area contributed by atoms with E-state index in [0.717, 1.165) is 41.9 Å². The van der Waals surface area contributed by atoms with E-state index in [1.807, 2.05) is 24.3 Å². The molecule has 0 N–H and O–H groups in total. The maximum atomic E-state index is 12.9. The Bertz CT molecular complexity index is 1150. The number of hydrogen-bond donors (Lipinski definition) is 0. The standard InChI is InChI=1S/C26H28F3N3O4/c1-3-35-25(33)23-24(32(31-30-23)16-17-4-12-21(34-2)13-5-17)36-22-14-8-19(9-15-22)18-6-10-20(11-7-18)26(27,28)29/h4-7,10-13,19,22H,3,8-9,14-16H2,1-2H3/t19-,22+. The van der Waals surface area contributed by atoms with Crippen LogP contribution in [0.2, 0.25) is 0 Å². The molecule has 0 bridgehead atoms. The van der Waals surface area contributed by atoms with Crippen molar-refractivity contribution >= 4 is 5.97 Å². The first-order chi connectivity index (χ1) is 17.3. The number of esters is 1. The van der Waals surface area contributed by atoms with Crippen LogP contribution in [0.3, 0.4) is 0 Å². The molecule has 3 aromatic rings. The second kappa shape index (κ2) is 11.0. The molecule has 1 aliphatic carbocycles. The van der Waals surface area contributed by atoms with Crippen molar-refractivity contribution < 1.29 is 32.2 Å². The highest BCUT2D eigenvalue weighted by Crippen LogP contribution is 2.37. The predicted molar refractivity (Wildman–Crippen MR) is 125 cm³/mol. The molecular weight excluding hydrogens is 475 g/mol. The summed E-state index contributed by atoms with van der Waals surface area (Å²) in [7, 11) is 1.59. The lowest BCUT2D eigenvalue weighted by molar-refractivity contribution is -0.137. The second-order valence-electron chi connectivity index (χ2n) is 8.68. The molecule has 1 heterocycles. The zero-order chi connectivity index (χ0) is 25.7. The molecule has 36 heavy (non-hydrogen) atoms. The number of benzene rings is 2. The van der Waals surface area contributed by atoms with Gasteiger partial charge in [-0.15, -0.1) is 5.10 Å². The Hall–Kier alpha value is -3.56. The number of rotatable bonds is 8. The zero-order valence-corrected chi connectivity index (χ0v) is 20.1. The summed E-state index contributed by atoms with van der Waals surface area (Å²) in [6.45, 7) is 2.25. The Balaban J connectivity index is 1.45. The summed E-state index contributed by atoms with van der Waals surface area (Å²) >= 11 is 0. The minimum Gasteiger partial charge on any atom is -0.497 e. The molecule has 1 fully saturated rings. The normalized spacial score (nSPS) is 18.0. The number of alkyl halides is 3. The van der Waals surface area contributed by atoms with Gasteiger partial charge in [0.25, 0.3) is 0 Å². The van der Waals surface area contributed by atoms with Gasteiger partial charge in [-0.3, -0.25) is 0 Å². The fraction of sp³-hybridized carbons (Fsp3) is 0.423. The molecule has 0 aliphatic heterocycles. The number of carbonyl (C=O) groups is 1. The predicted octanol–water partition coefficient (Wildman–Crippen LogP) is 5.64. The third kappa shape index (κ3) is 5.98. The Morgan fingerprint density at radius 2 is 1.69 bits per heavy atom. The van der Waals surface area contributed by atoms with Crippen LogP contribution >= 0.6 is 0 Å². The Kier molecular flexibility index (Phi) is 7.81. The summed E-state index contributed by atoms with van der Waals surface area (Å²) in [4.78, 5) is 12.5. The van der Waals surface area contributed by atoms with Crippen LogP contribution in [0.15, 0.2) is 48.5 Å². The van der Waals surface area contributed by atoms with Crippen molar-refractivity contribution in [3.05, 3.63) is 70.9 Å². The minimum absolute atomic E-state index is 0.0234.